The molecule has 0 fully saturated rings. The molecule has 134 valence electrons. The first-order valence-electron chi connectivity index (χ1n) is 8.51. The summed E-state index contributed by atoms with van der Waals surface area (Å²) in [4.78, 5) is 9.18. The maximum absolute atomic E-state index is 9.98. The number of aromatic nitrogens is 1. The van der Waals surface area contributed by atoms with Crippen LogP contribution in [0.4, 0.5) is 5.69 Å². The number of fused-ring (bicyclic) bond motifs is 1. The predicted molar refractivity (Wildman–Crippen MR) is 112 cm³/mol. The van der Waals surface area contributed by atoms with E-state index in [9.17, 15) is 5.11 Å². The fourth-order valence-electron chi connectivity index (χ4n) is 2.92. The van der Waals surface area contributed by atoms with Gasteiger partial charge in [0.05, 0.1) is 5.69 Å². The topological polar surface area (TPSA) is 58.6 Å². The highest BCUT2D eigenvalue weighted by atomic mass is 79.9. The Morgan fingerprint density at radius 3 is 2.78 bits per heavy atom. The van der Waals surface area contributed by atoms with Crippen LogP contribution in [0.5, 0.6) is 5.75 Å². The molecule has 0 atom stereocenters. The summed E-state index contributed by atoms with van der Waals surface area (Å²) in [6, 6.07) is 17.0. The highest BCUT2D eigenvalue weighted by molar-refractivity contribution is 9.10. The Hall–Kier alpha value is -2.92. The van der Waals surface area contributed by atoms with E-state index in [2.05, 4.69) is 25.9 Å². The number of nitrogens with zero attached hydrogens (tertiary/aromatic N) is 2. The zero-order valence-electron chi connectivity index (χ0n) is 14.9. The van der Waals surface area contributed by atoms with E-state index in [1.54, 1.807) is 18.3 Å². The number of phenolic OH excluding ortho intramolecular Hbond substituents is 1. The zero-order valence-corrected chi connectivity index (χ0v) is 16.5. The van der Waals surface area contributed by atoms with Crippen LogP contribution in [0.3, 0.4) is 0 Å². The number of aryl methyl sites for hydroxylation is 1. The van der Waals surface area contributed by atoms with Crippen molar-refractivity contribution >= 4 is 38.9 Å². The molecule has 0 radical (unpaired) electrons. The van der Waals surface area contributed by atoms with Gasteiger partial charge >= 0.3 is 0 Å². The minimum Gasteiger partial charge on any atom is -0.507 e. The summed E-state index contributed by atoms with van der Waals surface area (Å²) >= 11 is 3.41. The second-order valence-corrected chi connectivity index (χ2v) is 7.32. The van der Waals surface area contributed by atoms with Crippen molar-refractivity contribution in [3.63, 3.8) is 0 Å². The Labute approximate surface area is 165 Å². The van der Waals surface area contributed by atoms with E-state index < -0.39 is 0 Å². The van der Waals surface area contributed by atoms with Gasteiger partial charge in [-0.05, 0) is 67.4 Å². The zero-order chi connectivity index (χ0) is 19.0. The van der Waals surface area contributed by atoms with Gasteiger partial charge in [0.15, 0.2) is 5.58 Å². The molecule has 0 amide bonds. The smallest absolute Gasteiger partial charge is 0.227 e. The molecule has 5 heteroatoms. The first-order valence-corrected chi connectivity index (χ1v) is 9.30. The molecule has 0 saturated heterocycles. The molecule has 27 heavy (non-hydrogen) atoms. The van der Waals surface area contributed by atoms with Gasteiger partial charge in [-0.3, -0.25) is 4.99 Å². The van der Waals surface area contributed by atoms with E-state index in [4.69, 9.17) is 4.42 Å². The molecule has 0 unspecified atom stereocenters. The molecule has 1 aromatic heterocycles. The van der Waals surface area contributed by atoms with Crippen LogP contribution in [0.2, 0.25) is 0 Å². The van der Waals surface area contributed by atoms with Crippen LogP contribution in [0.15, 0.2) is 68.5 Å². The third kappa shape index (κ3) is 3.51. The molecular weight excluding hydrogens is 404 g/mol. The average molecular weight is 421 g/mol. The SMILES string of the molecule is Cc1ccc2oc(-c3cccc(N=Cc4cc(Br)ccc4O)c3C)nc2c1. The molecule has 0 bridgehead atoms. The molecule has 4 nitrogen and oxygen atoms in total. The Kier molecular flexibility index (Phi) is 4.54. The number of aliphatic imine (C=N–C) groups is 1. The molecule has 0 aliphatic rings. The van der Waals surface area contributed by atoms with E-state index in [0.29, 0.717) is 11.5 Å². The number of halogens is 1. The van der Waals surface area contributed by atoms with Gasteiger partial charge in [-0.1, -0.05) is 28.1 Å². The number of rotatable bonds is 3. The lowest BCUT2D eigenvalue weighted by Crippen LogP contribution is -1.86. The number of oxazole rings is 1. The Morgan fingerprint density at radius 2 is 1.93 bits per heavy atom. The van der Waals surface area contributed by atoms with Gasteiger partial charge in [0.2, 0.25) is 5.89 Å². The molecule has 0 aliphatic heterocycles. The van der Waals surface area contributed by atoms with Gasteiger partial charge in [0.1, 0.15) is 11.3 Å². The lowest BCUT2D eigenvalue weighted by atomic mass is 10.1. The average Bonchev–Trinajstić information content (AvgIpc) is 3.06. The molecule has 0 saturated carbocycles. The fourth-order valence-corrected chi connectivity index (χ4v) is 3.29. The van der Waals surface area contributed by atoms with Crippen LogP contribution in [0.25, 0.3) is 22.6 Å². The van der Waals surface area contributed by atoms with Crippen LogP contribution in [-0.4, -0.2) is 16.3 Å². The first-order chi connectivity index (χ1) is 13.0. The summed E-state index contributed by atoms with van der Waals surface area (Å²) in [6.45, 7) is 4.02. The molecule has 3 aromatic carbocycles. The van der Waals surface area contributed by atoms with Crippen LogP contribution < -0.4 is 0 Å². The summed E-state index contributed by atoms with van der Waals surface area (Å²) in [5.41, 5.74) is 6.06. The van der Waals surface area contributed by atoms with Crippen molar-refractivity contribution in [2.45, 2.75) is 13.8 Å². The summed E-state index contributed by atoms with van der Waals surface area (Å²) in [5.74, 6) is 0.764. The minimum atomic E-state index is 0.185. The van der Waals surface area contributed by atoms with Crippen LogP contribution in [-0.2, 0) is 0 Å². The van der Waals surface area contributed by atoms with Crippen molar-refractivity contribution in [2.24, 2.45) is 4.99 Å². The summed E-state index contributed by atoms with van der Waals surface area (Å²) in [7, 11) is 0. The quantitative estimate of drug-likeness (QED) is 0.393. The molecule has 1 heterocycles. The number of aromatic hydroxyl groups is 1. The Morgan fingerprint density at radius 1 is 1.07 bits per heavy atom. The Bertz CT molecular complexity index is 1180. The highest BCUT2D eigenvalue weighted by Gasteiger charge is 2.12. The van der Waals surface area contributed by atoms with E-state index in [1.165, 1.54) is 0 Å². The molecule has 4 rings (SSSR count). The predicted octanol–water partition coefficient (Wildman–Crippen LogP) is 6.33. The molecule has 1 N–H and O–H groups in total. The van der Waals surface area contributed by atoms with Gasteiger partial charge in [0.25, 0.3) is 0 Å². The second-order valence-electron chi connectivity index (χ2n) is 6.40. The maximum atomic E-state index is 9.98. The Balaban J connectivity index is 1.74. The van der Waals surface area contributed by atoms with E-state index >= 15 is 0 Å². The summed E-state index contributed by atoms with van der Waals surface area (Å²) < 4.78 is 6.82. The van der Waals surface area contributed by atoms with Crippen molar-refractivity contribution in [3.8, 4) is 17.2 Å². The standard InChI is InChI=1S/C22H17BrN2O2/c1-13-6-9-21-19(10-13)25-22(27-21)17-4-3-5-18(14(17)2)24-12-15-11-16(23)7-8-20(15)26/h3-12,26H,1-2H3. The first kappa shape index (κ1) is 17.5. The maximum Gasteiger partial charge on any atom is 0.227 e. The normalized spacial score (nSPS) is 11.5. The second kappa shape index (κ2) is 7.00. The number of hydrogen-bond acceptors (Lipinski definition) is 4. The molecule has 0 aliphatic carbocycles. The van der Waals surface area contributed by atoms with Crippen molar-refractivity contribution < 1.29 is 9.52 Å². The minimum absolute atomic E-state index is 0.185. The largest absolute Gasteiger partial charge is 0.507 e. The van der Waals surface area contributed by atoms with Crippen molar-refractivity contribution in [1.82, 2.24) is 4.98 Å². The highest BCUT2D eigenvalue weighted by Crippen LogP contribution is 2.32. The van der Waals surface area contributed by atoms with E-state index in [0.717, 1.165) is 38.0 Å². The molecule has 4 aromatic rings. The third-order valence-corrected chi connectivity index (χ3v) is 4.90. The lowest BCUT2D eigenvalue weighted by Gasteiger charge is -2.05. The van der Waals surface area contributed by atoms with Gasteiger partial charge < -0.3 is 9.52 Å². The lowest BCUT2D eigenvalue weighted by molar-refractivity contribution is 0.474. The molecular formula is C22H17BrN2O2. The van der Waals surface area contributed by atoms with Crippen LogP contribution >= 0.6 is 15.9 Å². The summed E-state index contributed by atoms with van der Waals surface area (Å²) in [6.07, 6.45) is 1.65. The number of hydrogen-bond donors (Lipinski definition) is 1. The summed E-state index contributed by atoms with van der Waals surface area (Å²) in [5, 5.41) is 9.98. The fraction of sp³-hybridized carbons (Fsp3) is 0.0909. The van der Waals surface area contributed by atoms with E-state index in [1.807, 2.05) is 56.3 Å². The number of benzene rings is 3. The van der Waals surface area contributed by atoms with Gasteiger partial charge in [-0.25, -0.2) is 4.98 Å². The molecule has 0 spiro atoms. The van der Waals surface area contributed by atoms with Crippen molar-refractivity contribution in [3.05, 3.63) is 75.8 Å². The third-order valence-electron chi connectivity index (χ3n) is 4.41. The monoisotopic (exact) mass is 420 g/mol. The van der Waals surface area contributed by atoms with Crippen LogP contribution in [0, 0.1) is 13.8 Å². The van der Waals surface area contributed by atoms with Crippen molar-refractivity contribution in [2.75, 3.05) is 0 Å². The number of phenols is 1. The van der Waals surface area contributed by atoms with Gasteiger partial charge in [0, 0.05) is 21.8 Å². The van der Waals surface area contributed by atoms with E-state index in [-0.39, 0.29) is 5.75 Å². The van der Waals surface area contributed by atoms with Gasteiger partial charge in [-0.15, -0.1) is 0 Å². The van der Waals surface area contributed by atoms with Gasteiger partial charge in [-0.2, -0.15) is 0 Å². The van der Waals surface area contributed by atoms with Crippen LogP contribution in [0.1, 0.15) is 16.7 Å². The van der Waals surface area contributed by atoms with Crippen molar-refractivity contribution in [1.29, 1.82) is 0 Å².